The van der Waals surface area contributed by atoms with E-state index >= 15 is 0 Å². The highest BCUT2D eigenvalue weighted by atomic mass is 127. The predicted molar refractivity (Wildman–Crippen MR) is 80.3 cm³/mol. The van der Waals surface area contributed by atoms with Crippen LogP contribution in [-0.2, 0) is 0 Å². The molecular weight excluding hydrogens is 342 g/mol. The minimum atomic E-state index is -0.200. The van der Waals surface area contributed by atoms with Crippen LogP contribution in [0.25, 0.3) is 0 Å². The van der Waals surface area contributed by atoms with Crippen molar-refractivity contribution in [3.8, 4) is 0 Å². The minimum Gasteiger partial charge on any atom is -0.271 e. The smallest absolute Gasteiger partial charge is 0.124 e. The van der Waals surface area contributed by atoms with Gasteiger partial charge in [0, 0.05) is 3.57 Å². The molecule has 1 aliphatic carbocycles. The standard InChI is InChI=1S/C14H18FIN2/c15-11-7-8-12(13(16)9-11)14(18-17)10-5-3-1-2-4-6-10/h5,7-9,14,18H,1-4,6,17H2. The molecule has 98 valence electrons. The molecule has 2 nitrogen and oxygen atoms in total. The van der Waals surface area contributed by atoms with Crippen molar-refractivity contribution < 1.29 is 4.39 Å². The van der Waals surface area contributed by atoms with Crippen LogP contribution in [0.3, 0.4) is 0 Å². The Morgan fingerprint density at radius 1 is 1.28 bits per heavy atom. The minimum absolute atomic E-state index is 0.00981. The van der Waals surface area contributed by atoms with Crippen molar-refractivity contribution in [1.29, 1.82) is 0 Å². The second-order valence-electron chi connectivity index (χ2n) is 4.64. The lowest BCUT2D eigenvalue weighted by Crippen LogP contribution is -2.30. The molecule has 0 aliphatic heterocycles. The fourth-order valence-corrected chi connectivity index (χ4v) is 3.22. The Hall–Kier alpha value is -0.460. The van der Waals surface area contributed by atoms with Gasteiger partial charge >= 0.3 is 0 Å². The lowest BCUT2D eigenvalue weighted by Gasteiger charge is -2.21. The summed E-state index contributed by atoms with van der Waals surface area (Å²) in [5.74, 6) is 5.51. The molecule has 0 bridgehead atoms. The van der Waals surface area contributed by atoms with Gasteiger partial charge in [0.2, 0.25) is 0 Å². The third kappa shape index (κ3) is 3.30. The number of hydrogen-bond donors (Lipinski definition) is 2. The van der Waals surface area contributed by atoms with E-state index in [1.807, 2.05) is 6.07 Å². The van der Waals surface area contributed by atoms with E-state index in [0.29, 0.717) is 0 Å². The Morgan fingerprint density at radius 3 is 2.83 bits per heavy atom. The van der Waals surface area contributed by atoms with Gasteiger partial charge in [-0.3, -0.25) is 5.84 Å². The molecule has 1 aromatic rings. The predicted octanol–water partition coefficient (Wildman–Crippen LogP) is 3.83. The Balaban J connectivity index is 2.29. The summed E-state index contributed by atoms with van der Waals surface area (Å²) in [6.07, 6.45) is 8.21. The zero-order valence-electron chi connectivity index (χ0n) is 10.3. The zero-order valence-corrected chi connectivity index (χ0v) is 12.4. The van der Waals surface area contributed by atoms with E-state index in [-0.39, 0.29) is 11.9 Å². The van der Waals surface area contributed by atoms with Crippen molar-refractivity contribution in [2.75, 3.05) is 0 Å². The van der Waals surface area contributed by atoms with Gasteiger partial charge < -0.3 is 0 Å². The van der Waals surface area contributed by atoms with E-state index < -0.39 is 0 Å². The molecule has 1 aliphatic rings. The number of rotatable bonds is 3. The Morgan fingerprint density at radius 2 is 2.11 bits per heavy atom. The Kier molecular flexibility index (Phi) is 5.14. The van der Waals surface area contributed by atoms with Crippen molar-refractivity contribution in [3.63, 3.8) is 0 Å². The van der Waals surface area contributed by atoms with Crippen molar-refractivity contribution in [1.82, 2.24) is 5.43 Å². The molecule has 1 atom stereocenters. The SMILES string of the molecule is NNC(C1=CCCCCC1)c1ccc(F)cc1I. The Bertz CT molecular complexity index is 445. The van der Waals surface area contributed by atoms with Crippen LogP contribution in [0.2, 0.25) is 0 Å². The molecule has 0 fully saturated rings. The van der Waals surface area contributed by atoms with Gasteiger partial charge in [-0.15, -0.1) is 0 Å². The van der Waals surface area contributed by atoms with E-state index in [1.165, 1.54) is 30.9 Å². The summed E-state index contributed by atoms with van der Waals surface area (Å²) < 4.78 is 14.1. The molecule has 3 N–H and O–H groups in total. The monoisotopic (exact) mass is 360 g/mol. The molecule has 0 amide bonds. The zero-order chi connectivity index (χ0) is 13.0. The molecule has 0 saturated heterocycles. The van der Waals surface area contributed by atoms with Crippen LogP contribution in [0.15, 0.2) is 29.8 Å². The molecule has 0 radical (unpaired) electrons. The Labute approximate surface area is 121 Å². The number of nitrogens with one attached hydrogen (secondary N) is 1. The van der Waals surface area contributed by atoms with Crippen LogP contribution < -0.4 is 11.3 Å². The average molecular weight is 360 g/mol. The highest BCUT2D eigenvalue weighted by molar-refractivity contribution is 14.1. The van der Waals surface area contributed by atoms with Gasteiger partial charge in [-0.05, 0) is 66.0 Å². The fraction of sp³-hybridized carbons (Fsp3) is 0.429. The molecular formula is C14H18FIN2. The second-order valence-corrected chi connectivity index (χ2v) is 5.81. The summed E-state index contributed by atoms with van der Waals surface area (Å²) >= 11 is 2.17. The first-order valence-electron chi connectivity index (χ1n) is 6.32. The van der Waals surface area contributed by atoms with E-state index in [0.717, 1.165) is 22.0 Å². The molecule has 1 unspecified atom stereocenters. The fourth-order valence-electron chi connectivity index (χ4n) is 2.43. The van der Waals surface area contributed by atoms with E-state index in [2.05, 4.69) is 34.1 Å². The third-order valence-corrected chi connectivity index (χ3v) is 4.32. The topological polar surface area (TPSA) is 38.0 Å². The van der Waals surface area contributed by atoms with Crippen molar-refractivity contribution in [3.05, 3.63) is 44.8 Å². The maximum atomic E-state index is 13.2. The number of allylic oxidation sites excluding steroid dienone is 1. The van der Waals surface area contributed by atoms with Crippen molar-refractivity contribution in [2.45, 2.75) is 38.1 Å². The van der Waals surface area contributed by atoms with Gasteiger partial charge in [-0.2, -0.15) is 0 Å². The quantitative estimate of drug-likeness (QED) is 0.372. The summed E-state index contributed by atoms with van der Waals surface area (Å²) in [6.45, 7) is 0. The first-order chi connectivity index (χ1) is 8.72. The molecule has 18 heavy (non-hydrogen) atoms. The van der Waals surface area contributed by atoms with E-state index in [4.69, 9.17) is 5.84 Å². The van der Waals surface area contributed by atoms with Gasteiger partial charge in [0.05, 0.1) is 6.04 Å². The average Bonchev–Trinajstić information content (AvgIpc) is 2.62. The number of nitrogens with two attached hydrogens (primary N) is 1. The van der Waals surface area contributed by atoms with Crippen molar-refractivity contribution in [2.24, 2.45) is 5.84 Å². The molecule has 2 rings (SSSR count). The molecule has 0 aromatic heterocycles. The van der Waals surface area contributed by atoms with Gasteiger partial charge in [0.15, 0.2) is 0 Å². The lowest BCUT2D eigenvalue weighted by atomic mass is 9.95. The number of hydrogen-bond acceptors (Lipinski definition) is 2. The van der Waals surface area contributed by atoms with Crippen LogP contribution in [0.5, 0.6) is 0 Å². The van der Waals surface area contributed by atoms with E-state index in [1.54, 1.807) is 6.07 Å². The maximum Gasteiger partial charge on any atom is 0.124 e. The van der Waals surface area contributed by atoms with Crippen LogP contribution >= 0.6 is 22.6 Å². The number of benzene rings is 1. The van der Waals surface area contributed by atoms with Gasteiger partial charge in [0.25, 0.3) is 0 Å². The first-order valence-corrected chi connectivity index (χ1v) is 7.40. The summed E-state index contributed by atoms with van der Waals surface area (Å²) in [6, 6.07) is 4.89. The summed E-state index contributed by atoms with van der Waals surface area (Å²) in [5.41, 5.74) is 5.28. The van der Waals surface area contributed by atoms with Gasteiger partial charge in [0.1, 0.15) is 5.82 Å². The van der Waals surface area contributed by atoms with Gasteiger partial charge in [-0.25, -0.2) is 9.82 Å². The maximum absolute atomic E-state index is 13.2. The van der Waals surface area contributed by atoms with Crippen LogP contribution in [0, 0.1) is 9.39 Å². The van der Waals surface area contributed by atoms with E-state index in [9.17, 15) is 4.39 Å². The molecule has 0 saturated carbocycles. The van der Waals surface area contributed by atoms with Crippen molar-refractivity contribution >= 4 is 22.6 Å². The highest BCUT2D eigenvalue weighted by Gasteiger charge is 2.18. The molecule has 0 spiro atoms. The summed E-state index contributed by atoms with van der Waals surface area (Å²) in [5, 5.41) is 0. The largest absolute Gasteiger partial charge is 0.271 e. The molecule has 0 heterocycles. The third-order valence-electron chi connectivity index (χ3n) is 3.39. The normalized spacial score (nSPS) is 18.1. The summed E-state index contributed by atoms with van der Waals surface area (Å²) in [4.78, 5) is 0. The van der Waals surface area contributed by atoms with Crippen LogP contribution in [0.4, 0.5) is 4.39 Å². The van der Waals surface area contributed by atoms with Crippen LogP contribution in [0.1, 0.15) is 43.7 Å². The number of hydrazine groups is 1. The summed E-state index contributed by atoms with van der Waals surface area (Å²) in [7, 11) is 0. The molecule has 1 aromatic carbocycles. The number of halogens is 2. The second kappa shape index (κ2) is 6.63. The van der Waals surface area contributed by atoms with Crippen LogP contribution in [-0.4, -0.2) is 0 Å². The molecule has 4 heteroatoms. The first kappa shape index (κ1) is 14.0. The highest BCUT2D eigenvalue weighted by Crippen LogP contribution is 2.31. The van der Waals surface area contributed by atoms with Gasteiger partial charge in [-0.1, -0.05) is 24.1 Å². The lowest BCUT2D eigenvalue weighted by molar-refractivity contribution is 0.585.